The Morgan fingerprint density at radius 3 is 2.50 bits per heavy atom. The Balaban J connectivity index is 2.54. The van der Waals surface area contributed by atoms with Gasteiger partial charge in [0.05, 0.1) is 0 Å². The number of fused-ring (bicyclic) bond motifs is 1. The van der Waals surface area contributed by atoms with Crippen LogP contribution in [0.25, 0.3) is 12.2 Å². The predicted molar refractivity (Wildman–Crippen MR) is 53.0 cm³/mol. The van der Waals surface area contributed by atoms with E-state index in [1.807, 2.05) is 30.5 Å². The van der Waals surface area contributed by atoms with Crippen LogP contribution in [0.1, 0.15) is 11.1 Å². The zero-order valence-electron chi connectivity index (χ0n) is 6.64. The molecule has 0 saturated carbocycles. The molecule has 58 valence electrons. The number of benzene rings is 1. The molecule has 0 aliphatic carbocycles. The van der Waals surface area contributed by atoms with Crippen LogP contribution in [-0.2, 0) is 0 Å². The summed E-state index contributed by atoms with van der Waals surface area (Å²) >= 11 is 0. The molecule has 1 aromatic rings. The van der Waals surface area contributed by atoms with Gasteiger partial charge in [-0.1, -0.05) is 30.3 Å². The molecule has 0 unspecified atom stereocenters. The number of nitrogens with zero attached hydrogens (tertiary/aromatic N) is 1. The van der Waals surface area contributed by atoms with Crippen molar-refractivity contribution >= 4 is 18.4 Å². The average Bonchev–Trinajstić information content (AvgIpc) is 2.06. The molecule has 1 heteroatoms. The summed E-state index contributed by atoms with van der Waals surface area (Å²) in [5.41, 5.74) is 2.45. The molecular weight excluding hydrogens is 146 g/mol. The third kappa shape index (κ3) is 1.35. The van der Waals surface area contributed by atoms with E-state index in [-0.39, 0.29) is 0 Å². The van der Waals surface area contributed by atoms with E-state index in [1.165, 1.54) is 11.1 Å². The highest BCUT2D eigenvalue weighted by molar-refractivity contribution is 5.82. The molecule has 0 amide bonds. The third-order valence-corrected chi connectivity index (χ3v) is 1.78. The second-order valence-electron chi connectivity index (χ2n) is 2.60. The van der Waals surface area contributed by atoms with Gasteiger partial charge in [0.15, 0.2) is 0 Å². The normalized spacial score (nSPS) is 16.3. The van der Waals surface area contributed by atoms with E-state index in [2.05, 4.69) is 23.2 Å². The lowest BCUT2D eigenvalue weighted by Gasteiger charge is -1.99. The minimum Gasteiger partial charge on any atom is -0.265 e. The first-order valence-corrected chi connectivity index (χ1v) is 3.92. The van der Waals surface area contributed by atoms with E-state index in [1.54, 1.807) is 6.21 Å². The molecule has 0 fully saturated rings. The summed E-state index contributed by atoms with van der Waals surface area (Å²) in [6, 6.07) is 8.24. The molecule has 1 aliphatic rings. The van der Waals surface area contributed by atoms with Crippen LogP contribution < -0.4 is 0 Å². The van der Waals surface area contributed by atoms with E-state index in [9.17, 15) is 0 Å². The van der Waals surface area contributed by atoms with Crippen LogP contribution in [0.15, 0.2) is 41.5 Å². The number of aliphatic imine (C=N–C) groups is 1. The second-order valence-corrected chi connectivity index (χ2v) is 2.60. The van der Waals surface area contributed by atoms with Crippen LogP contribution in [0.3, 0.4) is 0 Å². The van der Waals surface area contributed by atoms with Gasteiger partial charge in [0.2, 0.25) is 0 Å². The molecule has 0 spiro atoms. The summed E-state index contributed by atoms with van der Waals surface area (Å²) in [6.45, 7) is 0. The predicted octanol–water partition coefficient (Wildman–Crippen LogP) is 2.75. The maximum absolute atomic E-state index is 4.04. The van der Waals surface area contributed by atoms with Crippen molar-refractivity contribution < 1.29 is 0 Å². The SMILES string of the molecule is C1=Cc2ccccc2/C=C\N=C1. The smallest absolute Gasteiger partial charge is 0.0273 e. The number of rotatable bonds is 0. The molecule has 1 aliphatic heterocycles. The van der Waals surface area contributed by atoms with Crippen LogP contribution in [0.5, 0.6) is 0 Å². The minimum atomic E-state index is 1.21. The minimum absolute atomic E-state index is 1.21. The molecular formula is C11H9N. The standard InChI is InChI=1S/C11H9N/c1-2-5-11-7-9-12-8-3-6-10(11)4-1/h1-9H/b6-3?,8-3?,9-7-,10-6?,11-7?,12-8?,12-9?. The highest BCUT2D eigenvalue weighted by Gasteiger charge is 1.93. The summed E-state index contributed by atoms with van der Waals surface area (Å²) in [5, 5.41) is 0. The van der Waals surface area contributed by atoms with Crippen molar-refractivity contribution in [3.05, 3.63) is 47.7 Å². The Morgan fingerprint density at radius 1 is 0.917 bits per heavy atom. The first kappa shape index (κ1) is 7.04. The Kier molecular flexibility index (Phi) is 1.87. The molecule has 0 aromatic heterocycles. The van der Waals surface area contributed by atoms with Crippen molar-refractivity contribution in [2.75, 3.05) is 0 Å². The Labute approximate surface area is 71.8 Å². The fourth-order valence-electron chi connectivity index (χ4n) is 1.18. The Bertz CT molecular complexity index is 324. The largest absolute Gasteiger partial charge is 0.265 e. The highest BCUT2D eigenvalue weighted by Crippen LogP contribution is 2.13. The van der Waals surface area contributed by atoms with E-state index in [4.69, 9.17) is 0 Å². The summed E-state index contributed by atoms with van der Waals surface area (Å²) in [7, 11) is 0. The third-order valence-electron chi connectivity index (χ3n) is 1.78. The molecule has 0 N–H and O–H groups in total. The van der Waals surface area contributed by atoms with Crippen LogP contribution >= 0.6 is 0 Å². The van der Waals surface area contributed by atoms with E-state index >= 15 is 0 Å². The van der Waals surface area contributed by atoms with Crippen molar-refractivity contribution in [2.45, 2.75) is 0 Å². The van der Waals surface area contributed by atoms with Gasteiger partial charge in [-0.25, -0.2) is 0 Å². The van der Waals surface area contributed by atoms with Crippen molar-refractivity contribution in [3.8, 4) is 0 Å². The van der Waals surface area contributed by atoms with Crippen molar-refractivity contribution in [2.24, 2.45) is 4.99 Å². The Hall–Kier alpha value is -1.63. The van der Waals surface area contributed by atoms with Gasteiger partial charge < -0.3 is 0 Å². The van der Waals surface area contributed by atoms with Gasteiger partial charge in [0.25, 0.3) is 0 Å². The molecule has 12 heavy (non-hydrogen) atoms. The molecule has 1 heterocycles. The average molecular weight is 155 g/mol. The van der Waals surface area contributed by atoms with Crippen LogP contribution in [-0.4, -0.2) is 6.21 Å². The molecule has 1 nitrogen and oxygen atoms in total. The van der Waals surface area contributed by atoms with E-state index in [0.717, 1.165) is 0 Å². The molecule has 0 bridgehead atoms. The Morgan fingerprint density at radius 2 is 1.67 bits per heavy atom. The zero-order chi connectivity index (χ0) is 8.23. The fraction of sp³-hybridized carbons (Fsp3) is 0. The van der Waals surface area contributed by atoms with Crippen LogP contribution in [0.4, 0.5) is 0 Å². The summed E-state index contributed by atoms with van der Waals surface area (Å²) < 4.78 is 0. The van der Waals surface area contributed by atoms with E-state index < -0.39 is 0 Å². The van der Waals surface area contributed by atoms with Crippen molar-refractivity contribution in [1.82, 2.24) is 0 Å². The van der Waals surface area contributed by atoms with Gasteiger partial charge in [0.1, 0.15) is 0 Å². The van der Waals surface area contributed by atoms with Gasteiger partial charge in [-0.15, -0.1) is 0 Å². The molecule has 0 atom stereocenters. The summed E-state index contributed by atoms with van der Waals surface area (Å²) in [5.74, 6) is 0. The first-order valence-electron chi connectivity index (χ1n) is 3.92. The maximum atomic E-state index is 4.04. The molecule has 0 radical (unpaired) electrons. The quantitative estimate of drug-likeness (QED) is 0.546. The molecule has 2 rings (SSSR count). The lowest BCUT2D eigenvalue weighted by Crippen LogP contribution is -1.80. The maximum Gasteiger partial charge on any atom is 0.0273 e. The number of hydrogen-bond donors (Lipinski definition) is 0. The van der Waals surface area contributed by atoms with Crippen molar-refractivity contribution in [3.63, 3.8) is 0 Å². The van der Waals surface area contributed by atoms with Gasteiger partial charge in [-0.05, 0) is 23.3 Å². The summed E-state index contributed by atoms with van der Waals surface area (Å²) in [6.07, 6.45) is 9.61. The van der Waals surface area contributed by atoms with Crippen LogP contribution in [0, 0.1) is 0 Å². The van der Waals surface area contributed by atoms with Crippen molar-refractivity contribution in [1.29, 1.82) is 0 Å². The van der Waals surface area contributed by atoms with Gasteiger partial charge >= 0.3 is 0 Å². The lowest BCUT2D eigenvalue weighted by molar-refractivity contribution is 1.56. The number of hydrogen-bond acceptors (Lipinski definition) is 1. The summed E-state index contributed by atoms with van der Waals surface area (Å²) in [4.78, 5) is 4.04. The first-order chi connectivity index (χ1) is 5.97. The van der Waals surface area contributed by atoms with E-state index in [0.29, 0.717) is 0 Å². The van der Waals surface area contributed by atoms with Gasteiger partial charge in [-0.3, -0.25) is 4.99 Å². The fourth-order valence-corrected chi connectivity index (χ4v) is 1.18. The highest BCUT2D eigenvalue weighted by atomic mass is 14.7. The topological polar surface area (TPSA) is 12.4 Å². The molecule has 0 saturated heterocycles. The second kappa shape index (κ2) is 3.18. The van der Waals surface area contributed by atoms with Gasteiger partial charge in [-0.2, -0.15) is 0 Å². The number of allylic oxidation sites excluding steroid dienone is 1. The van der Waals surface area contributed by atoms with Crippen LogP contribution in [0.2, 0.25) is 0 Å². The molecule has 1 aromatic carbocycles. The lowest BCUT2D eigenvalue weighted by atomic mass is 10.1. The zero-order valence-corrected chi connectivity index (χ0v) is 6.64. The van der Waals surface area contributed by atoms with Gasteiger partial charge in [0, 0.05) is 12.4 Å². The monoisotopic (exact) mass is 155 g/mol.